The summed E-state index contributed by atoms with van der Waals surface area (Å²) in [7, 11) is 0. The third-order valence-corrected chi connectivity index (χ3v) is 1.35. The molecule has 72 valence electrons. The molecule has 0 saturated carbocycles. The van der Waals surface area contributed by atoms with E-state index in [0.29, 0.717) is 5.69 Å². The van der Waals surface area contributed by atoms with Crippen molar-refractivity contribution in [1.82, 2.24) is 20.7 Å². The van der Waals surface area contributed by atoms with E-state index in [1.54, 1.807) is 6.92 Å². The van der Waals surface area contributed by atoms with Crippen LogP contribution in [0.25, 0.3) is 0 Å². The van der Waals surface area contributed by atoms with Gasteiger partial charge in [0.15, 0.2) is 5.69 Å². The Labute approximate surface area is 72.5 Å². The quantitative estimate of drug-likeness (QED) is 0.710. The van der Waals surface area contributed by atoms with Crippen LogP contribution in [0.15, 0.2) is 0 Å². The van der Waals surface area contributed by atoms with Crippen LogP contribution in [0.1, 0.15) is 16.2 Å². The van der Waals surface area contributed by atoms with Gasteiger partial charge in [0.2, 0.25) is 0 Å². The van der Waals surface area contributed by atoms with Crippen molar-refractivity contribution in [2.75, 3.05) is 6.54 Å². The maximum absolute atomic E-state index is 11.7. The predicted octanol–water partition coefficient (Wildman–Crippen LogP) is 0.108. The fourth-order valence-corrected chi connectivity index (χ4v) is 0.753. The number of alkyl halides is 2. The van der Waals surface area contributed by atoms with E-state index in [1.807, 2.05) is 5.32 Å². The first-order chi connectivity index (χ1) is 6.11. The van der Waals surface area contributed by atoms with Crippen LogP contribution in [-0.2, 0) is 0 Å². The smallest absolute Gasteiger partial charge is 0.273 e. The second-order valence-corrected chi connectivity index (χ2v) is 2.36. The van der Waals surface area contributed by atoms with E-state index in [9.17, 15) is 13.6 Å². The third kappa shape index (κ3) is 2.46. The number of aryl methyl sites for hydroxylation is 1. The van der Waals surface area contributed by atoms with Crippen LogP contribution in [0.5, 0.6) is 0 Å². The first-order valence-corrected chi connectivity index (χ1v) is 3.55. The normalized spacial score (nSPS) is 10.5. The molecule has 0 aliphatic heterocycles. The van der Waals surface area contributed by atoms with Crippen LogP contribution in [0.3, 0.4) is 0 Å². The molecule has 0 unspecified atom stereocenters. The Morgan fingerprint density at radius 2 is 2.31 bits per heavy atom. The minimum Gasteiger partial charge on any atom is -0.345 e. The lowest BCUT2D eigenvalue weighted by Gasteiger charge is -2.00. The lowest BCUT2D eigenvalue weighted by atomic mass is 10.3. The first-order valence-electron chi connectivity index (χ1n) is 3.55. The van der Waals surface area contributed by atoms with Crippen LogP contribution in [-0.4, -0.2) is 34.3 Å². The van der Waals surface area contributed by atoms with Crippen molar-refractivity contribution in [1.29, 1.82) is 0 Å². The molecule has 0 fully saturated rings. The summed E-state index contributed by atoms with van der Waals surface area (Å²) in [4.78, 5) is 11.1. The molecule has 0 aliphatic rings. The fourth-order valence-electron chi connectivity index (χ4n) is 0.753. The fraction of sp³-hybridized carbons (Fsp3) is 0.500. The van der Waals surface area contributed by atoms with Gasteiger partial charge in [-0.1, -0.05) is 0 Å². The Kier molecular flexibility index (Phi) is 2.88. The maximum atomic E-state index is 11.7. The van der Waals surface area contributed by atoms with Gasteiger partial charge in [-0.05, 0) is 6.92 Å². The Balaban J connectivity index is 2.54. The van der Waals surface area contributed by atoms with Crippen molar-refractivity contribution in [2.45, 2.75) is 13.3 Å². The molecule has 7 heteroatoms. The van der Waals surface area contributed by atoms with Gasteiger partial charge in [-0.3, -0.25) is 4.79 Å². The summed E-state index contributed by atoms with van der Waals surface area (Å²) in [6.07, 6.45) is -2.56. The number of rotatable bonds is 3. The molecule has 0 bridgehead atoms. The molecular weight excluding hydrogens is 182 g/mol. The largest absolute Gasteiger partial charge is 0.345 e. The molecule has 1 rings (SSSR count). The van der Waals surface area contributed by atoms with E-state index in [0.717, 1.165) is 0 Å². The van der Waals surface area contributed by atoms with Crippen LogP contribution >= 0.6 is 0 Å². The topological polar surface area (TPSA) is 70.7 Å². The monoisotopic (exact) mass is 190 g/mol. The van der Waals surface area contributed by atoms with E-state index in [1.165, 1.54) is 0 Å². The third-order valence-electron chi connectivity index (χ3n) is 1.35. The van der Waals surface area contributed by atoms with E-state index in [4.69, 9.17) is 0 Å². The number of carbonyl (C=O) groups is 1. The molecule has 0 aliphatic carbocycles. The Morgan fingerprint density at radius 1 is 1.62 bits per heavy atom. The highest BCUT2D eigenvalue weighted by Crippen LogP contribution is 1.98. The Hall–Kier alpha value is -1.53. The summed E-state index contributed by atoms with van der Waals surface area (Å²) in [6, 6.07) is 0. The molecule has 1 aromatic heterocycles. The van der Waals surface area contributed by atoms with Crippen LogP contribution in [0.2, 0.25) is 0 Å². The van der Waals surface area contributed by atoms with Crippen molar-refractivity contribution in [2.24, 2.45) is 0 Å². The Bertz CT molecular complexity index is 299. The summed E-state index contributed by atoms with van der Waals surface area (Å²) in [5.41, 5.74) is 0.424. The summed E-state index contributed by atoms with van der Waals surface area (Å²) in [5, 5.41) is 11.3. The van der Waals surface area contributed by atoms with Gasteiger partial charge in [-0.25, -0.2) is 8.78 Å². The predicted molar refractivity (Wildman–Crippen MR) is 39.5 cm³/mol. The summed E-state index contributed by atoms with van der Waals surface area (Å²) >= 11 is 0. The minimum absolute atomic E-state index is 0.0423. The van der Waals surface area contributed by atoms with Gasteiger partial charge in [-0.2, -0.15) is 15.4 Å². The van der Waals surface area contributed by atoms with Crippen molar-refractivity contribution in [3.8, 4) is 0 Å². The molecule has 1 heterocycles. The number of H-pyrrole nitrogens is 1. The van der Waals surface area contributed by atoms with Crippen molar-refractivity contribution >= 4 is 5.91 Å². The first kappa shape index (κ1) is 9.56. The van der Waals surface area contributed by atoms with Crippen molar-refractivity contribution < 1.29 is 13.6 Å². The van der Waals surface area contributed by atoms with Gasteiger partial charge in [0.05, 0.1) is 12.2 Å². The number of nitrogens with one attached hydrogen (secondary N) is 2. The highest BCUT2D eigenvalue weighted by Gasteiger charge is 2.14. The minimum atomic E-state index is -2.56. The number of aromatic amines is 1. The molecule has 0 atom stereocenters. The SMILES string of the molecule is Cc1n[nH]nc1C(=O)NCC(F)F. The van der Waals surface area contributed by atoms with Gasteiger partial charge < -0.3 is 5.32 Å². The Morgan fingerprint density at radius 3 is 2.77 bits per heavy atom. The molecular formula is C6H8F2N4O. The van der Waals surface area contributed by atoms with Gasteiger partial charge in [0.1, 0.15) is 0 Å². The molecule has 1 amide bonds. The van der Waals surface area contributed by atoms with Crippen LogP contribution < -0.4 is 5.32 Å². The summed E-state index contributed by atoms with van der Waals surface area (Å²) < 4.78 is 23.4. The van der Waals surface area contributed by atoms with E-state index in [-0.39, 0.29) is 5.69 Å². The van der Waals surface area contributed by atoms with Crippen LogP contribution in [0.4, 0.5) is 8.78 Å². The molecule has 5 nitrogen and oxygen atoms in total. The highest BCUT2D eigenvalue weighted by molar-refractivity contribution is 5.93. The maximum Gasteiger partial charge on any atom is 0.273 e. The van der Waals surface area contributed by atoms with Crippen molar-refractivity contribution in [3.05, 3.63) is 11.4 Å². The molecule has 13 heavy (non-hydrogen) atoms. The van der Waals surface area contributed by atoms with Crippen molar-refractivity contribution in [3.63, 3.8) is 0 Å². The summed E-state index contributed by atoms with van der Waals surface area (Å²) in [5.74, 6) is -0.647. The lowest BCUT2D eigenvalue weighted by molar-refractivity contribution is 0.0886. The number of halogens is 2. The average Bonchev–Trinajstić information content (AvgIpc) is 2.47. The molecule has 0 saturated heterocycles. The lowest BCUT2D eigenvalue weighted by Crippen LogP contribution is -2.29. The average molecular weight is 190 g/mol. The molecule has 1 aromatic rings. The number of carbonyl (C=O) groups excluding carboxylic acids is 1. The standard InChI is InChI=1S/C6H8F2N4O/c1-3-5(11-12-10-3)6(13)9-2-4(7)8/h4H,2H2,1H3,(H,9,13)(H,10,11,12). The number of amides is 1. The molecule has 2 N–H and O–H groups in total. The number of aromatic nitrogens is 3. The van der Waals surface area contributed by atoms with Gasteiger partial charge in [0, 0.05) is 0 Å². The second-order valence-electron chi connectivity index (χ2n) is 2.36. The van der Waals surface area contributed by atoms with E-state index < -0.39 is 18.9 Å². The van der Waals surface area contributed by atoms with E-state index >= 15 is 0 Å². The van der Waals surface area contributed by atoms with Crippen LogP contribution in [0, 0.1) is 6.92 Å². The highest BCUT2D eigenvalue weighted by atomic mass is 19.3. The van der Waals surface area contributed by atoms with Gasteiger partial charge >= 0.3 is 0 Å². The molecule has 0 radical (unpaired) electrons. The number of hydrogen-bond donors (Lipinski definition) is 2. The van der Waals surface area contributed by atoms with E-state index in [2.05, 4.69) is 15.4 Å². The zero-order chi connectivity index (χ0) is 9.84. The zero-order valence-electron chi connectivity index (χ0n) is 6.84. The number of nitrogens with zero attached hydrogens (tertiary/aromatic N) is 2. The second kappa shape index (κ2) is 3.92. The zero-order valence-corrected chi connectivity index (χ0v) is 6.84. The molecule has 0 spiro atoms. The molecule has 0 aromatic carbocycles. The van der Waals surface area contributed by atoms with Gasteiger partial charge in [-0.15, -0.1) is 0 Å². The summed E-state index contributed by atoms with van der Waals surface area (Å²) in [6.45, 7) is 0.881. The van der Waals surface area contributed by atoms with Gasteiger partial charge in [0.25, 0.3) is 12.3 Å². The number of hydrogen-bond acceptors (Lipinski definition) is 3.